The van der Waals surface area contributed by atoms with Crippen LogP contribution in [0.25, 0.3) is 10.9 Å². The van der Waals surface area contributed by atoms with Crippen LogP contribution in [0.4, 0.5) is 0 Å². The van der Waals surface area contributed by atoms with Gasteiger partial charge in [0.15, 0.2) is 0 Å². The minimum Gasteiger partial charge on any atom is -0.497 e. The third kappa shape index (κ3) is 3.00. The van der Waals surface area contributed by atoms with Crippen LogP contribution in [0.15, 0.2) is 48.5 Å². The number of hydrogen-bond donors (Lipinski definition) is 1. The number of aromatic nitrogens is 1. The van der Waals surface area contributed by atoms with Gasteiger partial charge >= 0.3 is 0 Å². The molecule has 0 radical (unpaired) electrons. The molecule has 0 fully saturated rings. The van der Waals surface area contributed by atoms with E-state index >= 15 is 0 Å². The van der Waals surface area contributed by atoms with Crippen molar-refractivity contribution in [3.05, 3.63) is 65.4 Å². The van der Waals surface area contributed by atoms with Crippen LogP contribution in [0, 0.1) is 6.92 Å². The average Bonchev–Trinajstić information content (AvgIpc) is 2.87. The van der Waals surface area contributed by atoms with Gasteiger partial charge in [0.2, 0.25) is 0 Å². The van der Waals surface area contributed by atoms with Crippen LogP contribution in [0.3, 0.4) is 0 Å². The zero-order valence-corrected chi connectivity index (χ0v) is 14.3. The molecule has 3 aromatic rings. The molecule has 0 saturated carbocycles. The summed E-state index contributed by atoms with van der Waals surface area (Å²) >= 11 is 0. The van der Waals surface area contributed by atoms with Crippen molar-refractivity contribution in [2.45, 2.75) is 13.3 Å². The number of benzene rings is 2. The molecule has 1 amide bonds. The second-order valence-corrected chi connectivity index (χ2v) is 5.90. The van der Waals surface area contributed by atoms with Crippen LogP contribution in [-0.2, 0) is 13.5 Å². The number of carbonyl (C=O) groups is 1. The number of hydrogen-bond acceptors (Lipinski definition) is 2. The number of methoxy groups -OCH3 is 1. The quantitative estimate of drug-likeness (QED) is 0.781. The predicted molar refractivity (Wildman–Crippen MR) is 96.7 cm³/mol. The minimum atomic E-state index is -0.0280. The van der Waals surface area contributed by atoms with E-state index in [0.29, 0.717) is 6.54 Å². The molecule has 1 aromatic heterocycles. The largest absolute Gasteiger partial charge is 0.497 e. The molecular weight excluding hydrogens is 300 g/mol. The van der Waals surface area contributed by atoms with E-state index in [1.807, 2.05) is 61.0 Å². The summed E-state index contributed by atoms with van der Waals surface area (Å²) in [4.78, 5) is 12.6. The van der Waals surface area contributed by atoms with Crippen molar-refractivity contribution in [2.24, 2.45) is 7.05 Å². The van der Waals surface area contributed by atoms with Crippen LogP contribution >= 0.6 is 0 Å². The molecule has 0 aliphatic heterocycles. The molecule has 1 N–H and O–H groups in total. The fourth-order valence-corrected chi connectivity index (χ4v) is 3.10. The van der Waals surface area contributed by atoms with Crippen molar-refractivity contribution in [3.63, 3.8) is 0 Å². The van der Waals surface area contributed by atoms with Gasteiger partial charge < -0.3 is 14.6 Å². The van der Waals surface area contributed by atoms with E-state index in [0.717, 1.165) is 34.3 Å². The Morgan fingerprint density at radius 2 is 1.83 bits per heavy atom. The van der Waals surface area contributed by atoms with E-state index in [4.69, 9.17) is 4.74 Å². The van der Waals surface area contributed by atoms with Gasteiger partial charge in [0, 0.05) is 24.5 Å². The smallest absolute Gasteiger partial charge is 0.268 e. The average molecular weight is 322 g/mol. The monoisotopic (exact) mass is 322 g/mol. The summed E-state index contributed by atoms with van der Waals surface area (Å²) < 4.78 is 7.12. The van der Waals surface area contributed by atoms with Gasteiger partial charge in [0.1, 0.15) is 11.4 Å². The van der Waals surface area contributed by atoms with Crippen LogP contribution in [0.5, 0.6) is 5.75 Å². The molecular formula is C20H22N2O2. The maximum Gasteiger partial charge on any atom is 0.268 e. The number of nitrogens with zero attached hydrogens (tertiary/aromatic N) is 1. The zero-order chi connectivity index (χ0) is 17.1. The van der Waals surface area contributed by atoms with Crippen LogP contribution in [-0.4, -0.2) is 24.1 Å². The van der Waals surface area contributed by atoms with E-state index in [1.54, 1.807) is 7.11 Å². The van der Waals surface area contributed by atoms with Gasteiger partial charge in [0.25, 0.3) is 5.91 Å². The van der Waals surface area contributed by atoms with Crippen molar-refractivity contribution in [2.75, 3.05) is 13.7 Å². The first-order chi connectivity index (χ1) is 11.6. The summed E-state index contributed by atoms with van der Waals surface area (Å²) in [5.41, 5.74) is 4.00. The van der Waals surface area contributed by atoms with E-state index in [1.165, 1.54) is 5.56 Å². The SMILES string of the molecule is COc1ccc(CCNC(=O)c2c(C)c3ccccc3n2C)cc1. The standard InChI is InChI=1S/C20H22N2O2/c1-14-17-6-4-5-7-18(17)22(2)19(14)20(23)21-13-12-15-8-10-16(24-3)11-9-15/h4-11H,12-13H2,1-3H3,(H,21,23). The highest BCUT2D eigenvalue weighted by Crippen LogP contribution is 2.24. The number of nitrogens with one attached hydrogen (secondary N) is 1. The van der Waals surface area contributed by atoms with Gasteiger partial charge in [-0.1, -0.05) is 30.3 Å². The lowest BCUT2D eigenvalue weighted by atomic mass is 10.1. The van der Waals surface area contributed by atoms with Crippen LogP contribution in [0.2, 0.25) is 0 Å². The lowest BCUT2D eigenvalue weighted by Crippen LogP contribution is -2.28. The second kappa shape index (κ2) is 6.79. The fourth-order valence-electron chi connectivity index (χ4n) is 3.10. The Hall–Kier alpha value is -2.75. The fraction of sp³-hybridized carbons (Fsp3) is 0.250. The first kappa shape index (κ1) is 16.1. The molecule has 0 spiro atoms. The van der Waals surface area contributed by atoms with Gasteiger partial charge in [-0.25, -0.2) is 0 Å². The summed E-state index contributed by atoms with van der Waals surface area (Å²) in [5.74, 6) is 0.814. The van der Waals surface area contributed by atoms with E-state index in [-0.39, 0.29) is 5.91 Å². The lowest BCUT2D eigenvalue weighted by molar-refractivity contribution is 0.0946. The predicted octanol–water partition coefficient (Wildman–Crippen LogP) is 3.47. The number of rotatable bonds is 5. The summed E-state index contributed by atoms with van der Waals surface area (Å²) in [7, 11) is 3.59. The van der Waals surface area contributed by atoms with Gasteiger partial charge in [-0.05, 0) is 42.7 Å². The summed E-state index contributed by atoms with van der Waals surface area (Å²) in [6.45, 7) is 2.60. The third-order valence-corrected chi connectivity index (χ3v) is 4.43. The second-order valence-electron chi connectivity index (χ2n) is 5.90. The van der Waals surface area contributed by atoms with Gasteiger partial charge in [-0.2, -0.15) is 0 Å². The maximum atomic E-state index is 12.6. The molecule has 1 heterocycles. The topological polar surface area (TPSA) is 43.3 Å². The third-order valence-electron chi connectivity index (χ3n) is 4.43. The maximum absolute atomic E-state index is 12.6. The molecule has 4 heteroatoms. The first-order valence-electron chi connectivity index (χ1n) is 8.07. The Morgan fingerprint density at radius 1 is 1.12 bits per heavy atom. The number of ether oxygens (including phenoxy) is 1. The Labute approximate surface area is 142 Å². The van der Waals surface area contributed by atoms with E-state index in [9.17, 15) is 4.79 Å². The number of aryl methyl sites for hydroxylation is 2. The molecule has 4 nitrogen and oxygen atoms in total. The molecule has 2 aromatic carbocycles. The van der Waals surface area contributed by atoms with E-state index in [2.05, 4.69) is 11.4 Å². The highest BCUT2D eigenvalue weighted by molar-refractivity contribution is 6.01. The molecule has 0 atom stereocenters. The van der Waals surface area contributed by atoms with Crippen LogP contribution in [0.1, 0.15) is 21.6 Å². The normalized spacial score (nSPS) is 10.8. The number of carbonyl (C=O) groups excluding carboxylic acids is 1. The molecule has 0 aliphatic carbocycles. The van der Waals surface area contributed by atoms with Gasteiger partial charge in [0.05, 0.1) is 7.11 Å². The lowest BCUT2D eigenvalue weighted by Gasteiger charge is -2.08. The number of amides is 1. The molecule has 0 unspecified atom stereocenters. The molecule has 0 bridgehead atoms. The van der Waals surface area contributed by atoms with Crippen molar-refractivity contribution in [1.82, 2.24) is 9.88 Å². The zero-order valence-electron chi connectivity index (χ0n) is 14.3. The van der Waals surface area contributed by atoms with Crippen LogP contribution < -0.4 is 10.1 Å². The summed E-state index contributed by atoms with van der Waals surface area (Å²) in [6.07, 6.45) is 0.790. The van der Waals surface area contributed by atoms with Crippen molar-refractivity contribution >= 4 is 16.8 Å². The Kier molecular flexibility index (Phi) is 4.56. The Bertz CT molecular complexity index is 824. The summed E-state index contributed by atoms with van der Waals surface area (Å²) in [6, 6.07) is 16.0. The molecule has 0 aliphatic rings. The molecule has 3 rings (SSSR count). The molecule has 124 valence electrons. The minimum absolute atomic E-state index is 0.0280. The number of para-hydroxylation sites is 1. The van der Waals surface area contributed by atoms with Gasteiger partial charge in [-0.3, -0.25) is 4.79 Å². The highest BCUT2D eigenvalue weighted by atomic mass is 16.5. The van der Waals surface area contributed by atoms with Crippen molar-refractivity contribution in [1.29, 1.82) is 0 Å². The number of fused-ring (bicyclic) bond motifs is 1. The van der Waals surface area contributed by atoms with Gasteiger partial charge in [-0.15, -0.1) is 0 Å². The molecule has 0 saturated heterocycles. The highest BCUT2D eigenvalue weighted by Gasteiger charge is 2.17. The summed E-state index contributed by atoms with van der Waals surface area (Å²) in [5, 5.41) is 4.15. The van der Waals surface area contributed by atoms with Crippen molar-refractivity contribution < 1.29 is 9.53 Å². The first-order valence-corrected chi connectivity index (χ1v) is 8.07. The van der Waals surface area contributed by atoms with E-state index < -0.39 is 0 Å². The Balaban J connectivity index is 1.69. The Morgan fingerprint density at radius 3 is 2.50 bits per heavy atom. The molecule has 24 heavy (non-hydrogen) atoms. The van der Waals surface area contributed by atoms with Crippen molar-refractivity contribution in [3.8, 4) is 5.75 Å².